The molecule has 0 fully saturated rings. The second kappa shape index (κ2) is 11.7. The van der Waals surface area contributed by atoms with Crippen molar-refractivity contribution in [2.24, 2.45) is 17.4 Å². The van der Waals surface area contributed by atoms with Crippen LogP contribution in [0.3, 0.4) is 0 Å². The van der Waals surface area contributed by atoms with Gasteiger partial charge in [0.1, 0.15) is 12.1 Å². The Morgan fingerprint density at radius 2 is 1.68 bits per heavy atom. The summed E-state index contributed by atoms with van der Waals surface area (Å²) >= 11 is 1.44. The topological polar surface area (TPSA) is 165 Å². The van der Waals surface area contributed by atoms with Crippen molar-refractivity contribution in [1.29, 1.82) is 0 Å². The summed E-state index contributed by atoms with van der Waals surface area (Å²) in [6.45, 7) is 3.66. The maximum absolute atomic E-state index is 12.3. The normalized spacial score (nSPS) is 15.5. The van der Waals surface area contributed by atoms with Crippen molar-refractivity contribution < 1.29 is 24.3 Å². The van der Waals surface area contributed by atoms with Gasteiger partial charge in [0.05, 0.1) is 12.5 Å². The lowest BCUT2D eigenvalue weighted by atomic mass is 9.99. The summed E-state index contributed by atoms with van der Waals surface area (Å²) in [5.41, 5.74) is 10.9. The van der Waals surface area contributed by atoms with Crippen LogP contribution < -0.4 is 22.1 Å². The molecule has 7 N–H and O–H groups in total. The molecular weight excluding hydrogens is 348 g/mol. The van der Waals surface area contributed by atoms with Gasteiger partial charge in [0.25, 0.3) is 0 Å². The summed E-state index contributed by atoms with van der Waals surface area (Å²) in [5, 5.41) is 13.9. The van der Waals surface area contributed by atoms with Crippen molar-refractivity contribution in [2.75, 3.05) is 12.0 Å². The highest BCUT2D eigenvalue weighted by atomic mass is 32.2. The number of hydrogen-bond donors (Lipinski definition) is 5. The van der Waals surface area contributed by atoms with Crippen molar-refractivity contribution in [2.45, 2.75) is 51.2 Å². The minimum Gasteiger partial charge on any atom is -0.480 e. The molecule has 0 aromatic carbocycles. The van der Waals surface area contributed by atoms with Crippen LogP contribution in [0, 0.1) is 5.92 Å². The molecule has 0 rings (SSSR count). The van der Waals surface area contributed by atoms with E-state index >= 15 is 0 Å². The number of hydrogen-bond acceptors (Lipinski definition) is 6. The summed E-state index contributed by atoms with van der Waals surface area (Å²) in [4.78, 5) is 46.9. The zero-order valence-corrected chi connectivity index (χ0v) is 15.6. The molecule has 0 bridgehead atoms. The van der Waals surface area contributed by atoms with Crippen LogP contribution in [0.5, 0.6) is 0 Å². The summed E-state index contributed by atoms with van der Waals surface area (Å²) in [6, 6.07) is -3.23. The molecule has 0 unspecified atom stereocenters. The third-order valence-corrected chi connectivity index (χ3v) is 4.47. The van der Waals surface area contributed by atoms with Gasteiger partial charge in [0.2, 0.25) is 17.7 Å². The molecule has 10 heteroatoms. The molecule has 144 valence electrons. The Bertz CT molecular complexity index is 489. The molecule has 0 saturated carbocycles. The maximum Gasteiger partial charge on any atom is 0.326 e. The van der Waals surface area contributed by atoms with Crippen LogP contribution in [0.1, 0.15) is 33.1 Å². The van der Waals surface area contributed by atoms with Gasteiger partial charge in [-0.2, -0.15) is 11.8 Å². The average molecular weight is 376 g/mol. The molecule has 9 nitrogen and oxygen atoms in total. The van der Waals surface area contributed by atoms with Crippen LogP contribution >= 0.6 is 11.8 Å². The minimum absolute atomic E-state index is 0.120. The molecule has 0 aliphatic carbocycles. The van der Waals surface area contributed by atoms with Gasteiger partial charge in [0, 0.05) is 0 Å². The van der Waals surface area contributed by atoms with Crippen LogP contribution in [-0.2, 0) is 19.2 Å². The molecule has 25 heavy (non-hydrogen) atoms. The largest absolute Gasteiger partial charge is 0.480 e. The Kier molecular flexibility index (Phi) is 10.8. The van der Waals surface area contributed by atoms with Crippen molar-refractivity contribution in [3.05, 3.63) is 0 Å². The number of carboxylic acids is 1. The van der Waals surface area contributed by atoms with E-state index in [4.69, 9.17) is 16.6 Å². The monoisotopic (exact) mass is 376 g/mol. The standard InChI is InChI=1S/C15H28N4O5S/c1-4-8(2)12(17)14(22)19-10(7-11(16)20)13(21)18-9(15(23)24)5-6-25-3/h8-10,12H,4-7,17H2,1-3H3,(H2,16,20)(H,18,21)(H,19,22)(H,23,24)/t8-,9-,10-,12-/m0/s1. The van der Waals surface area contributed by atoms with E-state index in [1.165, 1.54) is 11.8 Å². The first-order chi connectivity index (χ1) is 11.6. The molecule has 0 radical (unpaired) electrons. The van der Waals surface area contributed by atoms with E-state index in [1.807, 2.05) is 13.2 Å². The van der Waals surface area contributed by atoms with Crippen molar-refractivity contribution >= 4 is 35.5 Å². The molecular formula is C15H28N4O5S. The van der Waals surface area contributed by atoms with E-state index in [2.05, 4.69) is 10.6 Å². The van der Waals surface area contributed by atoms with E-state index in [-0.39, 0.29) is 12.3 Å². The van der Waals surface area contributed by atoms with Gasteiger partial charge in [-0.1, -0.05) is 20.3 Å². The molecule has 0 aliphatic rings. The molecule has 0 aliphatic heterocycles. The van der Waals surface area contributed by atoms with E-state index < -0.39 is 48.2 Å². The zero-order valence-electron chi connectivity index (χ0n) is 14.8. The minimum atomic E-state index is -1.27. The van der Waals surface area contributed by atoms with Crippen molar-refractivity contribution in [3.8, 4) is 0 Å². The van der Waals surface area contributed by atoms with Gasteiger partial charge >= 0.3 is 5.97 Å². The second-order valence-electron chi connectivity index (χ2n) is 5.82. The molecule has 3 amide bonds. The highest BCUT2D eigenvalue weighted by Crippen LogP contribution is 2.07. The van der Waals surface area contributed by atoms with E-state index in [1.54, 1.807) is 6.92 Å². The zero-order chi connectivity index (χ0) is 19.6. The van der Waals surface area contributed by atoms with E-state index in [0.29, 0.717) is 12.2 Å². The highest BCUT2D eigenvalue weighted by Gasteiger charge is 2.29. The van der Waals surface area contributed by atoms with E-state index in [9.17, 15) is 19.2 Å². The van der Waals surface area contributed by atoms with Gasteiger partial charge in [-0.15, -0.1) is 0 Å². The first-order valence-corrected chi connectivity index (χ1v) is 9.39. The number of carboxylic acid groups (broad SMARTS) is 1. The quantitative estimate of drug-likeness (QED) is 0.293. The second-order valence-corrected chi connectivity index (χ2v) is 6.81. The number of amides is 3. The Balaban J connectivity index is 5.05. The third kappa shape index (κ3) is 8.73. The fourth-order valence-electron chi connectivity index (χ4n) is 1.96. The summed E-state index contributed by atoms with van der Waals surface area (Å²) < 4.78 is 0. The average Bonchev–Trinajstić information content (AvgIpc) is 2.55. The number of primary amides is 1. The number of nitrogens with two attached hydrogens (primary N) is 2. The molecule has 0 aromatic heterocycles. The van der Waals surface area contributed by atoms with E-state index in [0.717, 1.165) is 0 Å². The number of thioether (sulfide) groups is 1. The fraction of sp³-hybridized carbons (Fsp3) is 0.733. The number of nitrogens with one attached hydrogen (secondary N) is 2. The Morgan fingerprint density at radius 1 is 1.12 bits per heavy atom. The van der Waals surface area contributed by atoms with Crippen LogP contribution in [0.4, 0.5) is 0 Å². The Labute approximate surface area is 151 Å². The van der Waals surface area contributed by atoms with Gasteiger partial charge in [-0.05, 0) is 24.3 Å². The molecule has 4 atom stereocenters. The maximum atomic E-state index is 12.3. The van der Waals surface area contributed by atoms with Gasteiger partial charge in [-0.25, -0.2) is 4.79 Å². The Morgan fingerprint density at radius 3 is 2.12 bits per heavy atom. The first-order valence-electron chi connectivity index (χ1n) is 8.00. The number of rotatable bonds is 12. The van der Waals surface area contributed by atoms with Crippen molar-refractivity contribution in [3.63, 3.8) is 0 Å². The molecule has 0 saturated heterocycles. The lowest BCUT2D eigenvalue weighted by Crippen LogP contribution is -2.56. The summed E-state index contributed by atoms with van der Waals surface area (Å²) in [5.74, 6) is -2.95. The predicted molar refractivity (Wildman–Crippen MR) is 95.7 cm³/mol. The van der Waals surface area contributed by atoms with Crippen molar-refractivity contribution in [1.82, 2.24) is 10.6 Å². The van der Waals surface area contributed by atoms with Crippen LogP contribution in [-0.4, -0.2) is 58.9 Å². The van der Waals surface area contributed by atoms with Gasteiger partial charge in [0.15, 0.2) is 0 Å². The summed E-state index contributed by atoms with van der Waals surface area (Å²) in [6.07, 6.45) is 2.25. The number of aliphatic carboxylic acids is 1. The highest BCUT2D eigenvalue weighted by molar-refractivity contribution is 7.98. The van der Waals surface area contributed by atoms with Gasteiger partial charge in [-0.3, -0.25) is 14.4 Å². The predicted octanol–water partition coefficient (Wildman–Crippen LogP) is -0.957. The first kappa shape index (κ1) is 23.2. The fourth-order valence-corrected chi connectivity index (χ4v) is 2.43. The lowest BCUT2D eigenvalue weighted by Gasteiger charge is -2.23. The number of carbonyl (C=O) groups excluding carboxylic acids is 3. The Hall–Kier alpha value is -1.81. The van der Waals surface area contributed by atoms with Crippen LogP contribution in [0.2, 0.25) is 0 Å². The SMILES string of the molecule is CC[C@H](C)[C@H](N)C(=O)N[C@@H](CC(N)=O)C(=O)N[C@@H](CCSC)C(=O)O. The van der Waals surface area contributed by atoms with Gasteiger partial charge < -0.3 is 27.2 Å². The van der Waals surface area contributed by atoms with Crippen LogP contribution in [0.25, 0.3) is 0 Å². The van der Waals surface area contributed by atoms with Crippen LogP contribution in [0.15, 0.2) is 0 Å². The summed E-state index contributed by atoms with van der Waals surface area (Å²) in [7, 11) is 0. The lowest BCUT2D eigenvalue weighted by molar-refractivity contribution is -0.142. The molecule has 0 heterocycles. The third-order valence-electron chi connectivity index (χ3n) is 3.82. The smallest absolute Gasteiger partial charge is 0.326 e. The number of carbonyl (C=O) groups is 4. The molecule has 0 aromatic rings. The molecule has 0 spiro atoms.